The number of hydrogen-bond donors (Lipinski definition) is 2. The van der Waals surface area contributed by atoms with Crippen molar-refractivity contribution in [3.05, 3.63) is 52.0 Å². The van der Waals surface area contributed by atoms with E-state index in [-0.39, 0.29) is 12.5 Å². The fourth-order valence-corrected chi connectivity index (χ4v) is 2.21. The van der Waals surface area contributed by atoms with Crippen molar-refractivity contribution in [3.8, 4) is 11.8 Å². The van der Waals surface area contributed by atoms with Crippen LogP contribution in [-0.2, 0) is 6.42 Å². The fraction of sp³-hybridized carbons (Fsp3) is 0.200. The lowest BCUT2D eigenvalue weighted by Crippen LogP contribution is -2.25. The van der Waals surface area contributed by atoms with E-state index in [2.05, 4.69) is 22.1 Å². The fourth-order valence-electron chi connectivity index (χ4n) is 1.61. The van der Waals surface area contributed by atoms with E-state index in [0.29, 0.717) is 12.1 Å². The van der Waals surface area contributed by atoms with Gasteiger partial charge in [-0.1, -0.05) is 11.8 Å². The molecule has 1 heterocycles. The van der Waals surface area contributed by atoms with Crippen molar-refractivity contribution in [3.63, 3.8) is 0 Å². The first-order chi connectivity index (χ1) is 9.79. The Kier molecular flexibility index (Phi) is 5.30. The van der Waals surface area contributed by atoms with Gasteiger partial charge >= 0.3 is 0 Å². The zero-order chi connectivity index (χ0) is 14.2. The molecule has 0 saturated carbocycles. The molecule has 0 unspecified atom stereocenters. The van der Waals surface area contributed by atoms with Crippen LogP contribution in [0.2, 0.25) is 0 Å². The van der Waals surface area contributed by atoms with Gasteiger partial charge in [0, 0.05) is 29.5 Å². The van der Waals surface area contributed by atoms with Gasteiger partial charge in [0.1, 0.15) is 6.61 Å². The molecule has 0 aliphatic heterocycles. The summed E-state index contributed by atoms with van der Waals surface area (Å²) >= 11 is 1.55. The van der Waals surface area contributed by atoms with Crippen LogP contribution in [0.4, 0.5) is 0 Å². The lowest BCUT2D eigenvalue weighted by Gasteiger charge is -2.04. The summed E-state index contributed by atoms with van der Waals surface area (Å²) in [5.74, 6) is 5.24. The number of amides is 1. The Hall–Kier alpha value is -2.16. The zero-order valence-electron chi connectivity index (χ0n) is 10.8. The molecule has 0 atom stereocenters. The average Bonchev–Trinajstić information content (AvgIpc) is 2.99. The highest BCUT2D eigenvalue weighted by Crippen LogP contribution is 2.04. The standard InChI is InChI=1S/C15H14N2O2S/c18-9-1-2-12-3-5-13(6-4-12)15(19)16-8-7-14-10-20-11-17-14/h3-6,10-11,18H,7-9H2,(H,16,19). The van der Waals surface area contributed by atoms with Crippen molar-refractivity contribution in [2.75, 3.05) is 13.2 Å². The van der Waals surface area contributed by atoms with Crippen molar-refractivity contribution < 1.29 is 9.90 Å². The van der Waals surface area contributed by atoms with Crippen molar-refractivity contribution in [1.29, 1.82) is 0 Å². The maximum absolute atomic E-state index is 11.9. The smallest absolute Gasteiger partial charge is 0.251 e. The van der Waals surface area contributed by atoms with Gasteiger partial charge in [0.25, 0.3) is 5.91 Å². The van der Waals surface area contributed by atoms with E-state index < -0.39 is 0 Å². The molecular formula is C15H14N2O2S. The van der Waals surface area contributed by atoms with E-state index >= 15 is 0 Å². The minimum atomic E-state index is -0.168. The van der Waals surface area contributed by atoms with Gasteiger partial charge in [-0.25, -0.2) is 4.98 Å². The van der Waals surface area contributed by atoms with Gasteiger partial charge in [0.15, 0.2) is 0 Å². The number of benzene rings is 1. The third kappa shape index (κ3) is 4.19. The molecule has 20 heavy (non-hydrogen) atoms. The molecule has 0 aliphatic carbocycles. The van der Waals surface area contributed by atoms with E-state index in [9.17, 15) is 4.79 Å². The summed E-state index contributed by atoms with van der Waals surface area (Å²) in [5.41, 5.74) is 4.14. The number of nitrogens with zero attached hydrogens (tertiary/aromatic N) is 1. The van der Waals surface area contributed by atoms with Crippen LogP contribution in [0.15, 0.2) is 35.2 Å². The van der Waals surface area contributed by atoms with E-state index in [0.717, 1.165) is 17.7 Å². The summed E-state index contributed by atoms with van der Waals surface area (Å²) in [6.45, 7) is 0.396. The Labute approximate surface area is 121 Å². The van der Waals surface area contributed by atoms with Crippen LogP contribution >= 0.6 is 11.3 Å². The van der Waals surface area contributed by atoms with Gasteiger partial charge in [-0.2, -0.15) is 0 Å². The molecule has 0 fully saturated rings. The summed E-state index contributed by atoms with van der Waals surface area (Å²) in [5, 5.41) is 13.4. The second-order valence-corrected chi connectivity index (χ2v) is 4.74. The van der Waals surface area contributed by atoms with Crippen molar-refractivity contribution in [2.24, 2.45) is 0 Å². The SMILES string of the molecule is O=C(NCCc1cscn1)c1ccc(C#CCO)cc1. The number of nitrogens with one attached hydrogen (secondary N) is 1. The van der Waals surface area contributed by atoms with E-state index in [1.54, 1.807) is 41.1 Å². The second-order valence-electron chi connectivity index (χ2n) is 4.02. The molecule has 0 aliphatic rings. The van der Waals surface area contributed by atoms with E-state index in [1.807, 2.05) is 5.38 Å². The van der Waals surface area contributed by atoms with E-state index in [4.69, 9.17) is 5.11 Å². The highest BCUT2D eigenvalue weighted by molar-refractivity contribution is 7.07. The van der Waals surface area contributed by atoms with Crippen LogP contribution in [0.1, 0.15) is 21.6 Å². The molecule has 2 aromatic rings. The number of carbonyl (C=O) groups is 1. The maximum Gasteiger partial charge on any atom is 0.251 e. The summed E-state index contributed by atoms with van der Waals surface area (Å²) in [7, 11) is 0. The monoisotopic (exact) mass is 286 g/mol. The van der Waals surface area contributed by atoms with Gasteiger partial charge in [-0.15, -0.1) is 11.3 Å². The number of aliphatic hydroxyl groups is 1. The van der Waals surface area contributed by atoms with Crippen LogP contribution in [0.3, 0.4) is 0 Å². The van der Waals surface area contributed by atoms with Crippen LogP contribution in [-0.4, -0.2) is 29.1 Å². The zero-order valence-corrected chi connectivity index (χ0v) is 11.6. The van der Waals surface area contributed by atoms with Crippen molar-refractivity contribution >= 4 is 17.2 Å². The third-order valence-corrected chi connectivity index (χ3v) is 3.24. The molecule has 1 aromatic carbocycles. The first-order valence-electron chi connectivity index (χ1n) is 6.14. The molecule has 2 N–H and O–H groups in total. The number of hydrogen-bond acceptors (Lipinski definition) is 4. The molecule has 0 saturated heterocycles. The topological polar surface area (TPSA) is 62.2 Å². The number of rotatable bonds is 4. The lowest BCUT2D eigenvalue weighted by molar-refractivity contribution is 0.0954. The van der Waals surface area contributed by atoms with Gasteiger partial charge in [0.2, 0.25) is 0 Å². The van der Waals surface area contributed by atoms with Crippen LogP contribution < -0.4 is 5.32 Å². The van der Waals surface area contributed by atoms with Crippen LogP contribution in [0, 0.1) is 11.8 Å². The highest BCUT2D eigenvalue weighted by Gasteiger charge is 2.04. The first-order valence-corrected chi connectivity index (χ1v) is 7.09. The molecule has 4 nitrogen and oxygen atoms in total. The van der Waals surface area contributed by atoms with Gasteiger partial charge in [0.05, 0.1) is 11.2 Å². The highest BCUT2D eigenvalue weighted by atomic mass is 32.1. The minimum Gasteiger partial charge on any atom is -0.384 e. The number of aliphatic hydroxyl groups excluding tert-OH is 1. The van der Waals surface area contributed by atoms with Gasteiger partial charge in [-0.3, -0.25) is 4.79 Å². The minimum absolute atomic E-state index is 0.109. The molecular weight excluding hydrogens is 272 g/mol. The quantitative estimate of drug-likeness (QED) is 0.837. The average molecular weight is 286 g/mol. The number of carbonyl (C=O) groups excluding carboxylic acids is 1. The molecule has 0 radical (unpaired) electrons. The number of thiazole rings is 1. The Bertz CT molecular complexity index is 610. The van der Waals surface area contributed by atoms with Crippen molar-refractivity contribution in [2.45, 2.75) is 6.42 Å². The Morgan fingerprint density at radius 1 is 1.35 bits per heavy atom. The van der Waals surface area contributed by atoms with Gasteiger partial charge < -0.3 is 10.4 Å². The van der Waals surface area contributed by atoms with E-state index in [1.165, 1.54) is 0 Å². The maximum atomic E-state index is 11.9. The summed E-state index contributed by atoms with van der Waals surface area (Å²) < 4.78 is 0. The molecule has 102 valence electrons. The molecule has 5 heteroatoms. The van der Waals surface area contributed by atoms with Gasteiger partial charge in [-0.05, 0) is 24.3 Å². The molecule has 2 rings (SSSR count). The predicted molar refractivity (Wildman–Crippen MR) is 78.6 cm³/mol. The third-order valence-electron chi connectivity index (χ3n) is 2.61. The Morgan fingerprint density at radius 3 is 2.80 bits per heavy atom. The molecule has 0 spiro atoms. The normalized spacial score (nSPS) is 9.65. The molecule has 0 bridgehead atoms. The first kappa shape index (κ1) is 14.3. The Balaban J connectivity index is 1.85. The second kappa shape index (κ2) is 7.43. The summed E-state index contributed by atoms with van der Waals surface area (Å²) in [6.07, 6.45) is 0.731. The largest absolute Gasteiger partial charge is 0.384 e. The molecule has 1 aromatic heterocycles. The Morgan fingerprint density at radius 2 is 2.15 bits per heavy atom. The van der Waals surface area contributed by atoms with Crippen LogP contribution in [0.25, 0.3) is 0 Å². The number of aromatic nitrogens is 1. The summed E-state index contributed by atoms with van der Waals surface area (Å²) in [6, 6.07) is 6.97. The predicted octanol–water partition coefficient (Wildman–Crippen LogP) is 1.46. The van der Waals surface area contributed by atoms with Crippen molar-refractivity contribution in [1.82, 2.24) is 10.3 Å². The molecule has 1 amide bonds. The summed E-state index contributed by atoms with van der Waals surface area (Å²) in [4.78, 5) is 16.1. The lowest BCUT2D eigenvalue weighted by atomic mass is 10.1. The van der Waals surface area contributed by atoms with Crippen LogP contribution in [0.5, 0.6) is 0 Å².